The number of ketones is 1. The summed E-state index contributed by atoms with van der Waals surface area (Å²) in [7, 11) is 0. The molecule has 0 atom stereocenters. The molecule has 0 aliphatic carbocycles. The zero-order valence-electron chi connectivity index (χ0n) is 9.87. The molecule has 1 aliphatic heterocycles. The van der Waals surface area contributed by atoms with Crippen molar-refractivity contribution in [3.63, 3.8) is 0 Å². The van der Waals surface area contributed by atoms with Crippen LogP contribution in [0.2, 0.25) is 0 Å². The van der Waals surface area contributed by atoms with E-state index in [-0.39, 0.29) is 17.7 Å². The van der Waals surface area contributed by atoms with Crippen LogP contribution in [0, 0.1) is 23.0 Å². The van der Waals surface area contributed by atoms with Crippen molar-refractivity contribution in [2.45, 2.75) is 0 Å². The Bertz CT molecular complexity index is 583. The summed E-state index contributed by atoms with van der Waals surface area (Å²) in [6, 6.07) is 4.34. The number of halogens is 2. The minimum atomic E-state index is -0.991. The number of rotatable bonds is 2. The topological polar surface area (TPSA) is 62.1 Å². The van der Waals surface area contributed by atoms with Gasteiger partial charge in [0.1, 0.15) is 23.3 Å². The molecule has 98 valence electrons. The van der Waals surface area contributed by atoms with E-state index in [1.54, 1.807) is 6.07 Å². The number of nitriles is 1. The van der Waals surface area contributed by atoms with E-state index in [1.807, 2.05) is 0 Å². The van der Waals surface area contributed by atoms with Crippen LogP contribution < -0.4 is 5.32 Å². The maximum Gasteiger partial charge on any atom is 0.208 e. The molecule has 0 unspecified atom stereocenters. The number of ether oxygens (including phenoxy) is 1. The van der Waals surface area contributed by atoms with Gasteiger partial charge in [-0.05, 0) is 12.1 Å². The smallest absolute Gasteiger partial charge is 0.208 e. The number of nitrogens with zero attached hydrogens (tertiary/aromatic N) is 1. The molecule has 1 aromatic carbocycles. The normalized spacial score (nSPS) is 17.3. The summed E-state index contributed by atoms with van der Waals surface area (Å²) in [4.78, 5) is 12.1. The molecular formula is C13H10F2N2O2. The van der Waals surface area contributed by atoms with Crippen LogP contribution in [0.25, 0.3) is 0 Å². The minimum absolute atomic E-state index is 0.0947. The Hall–Kier alpha value is -2.26. The standard InChI is InChI=1S/C13H10F2N2O2/c14-8-1-2-9(11(15)5-8)13(18)10(6-16)12-7-19-4-3-17-12/h1-2,5,17H,3-4,7H2/b12-10-. The molecule has 0 aromatic heterocycles. The van der Waals surface area contributed by atoms with Gasteiger partial charge in [-0.3, -0.25) is 4.79 Å². The Balaban J connectivity index is 2.39. The lowest BCUT2D eigenvalue weighted by Gasteiger charge is -2.18. The monoisotopic (exact) mass is 264 g/mol. The molecule has 1 saturated heterocycles. The van der Waals surface area contributed by atoms with Crippen LogP contribution in [-0.4, -0.2) is 25.5 Å². The molecule has 4 nitrogen and oxygen atoms in total. The molecule has 0 saturated carbocycles. The highest BCUT2D eigenvalue weighted by Gasteiger charge is 2.22. The second-order valence-corrected chi connectivity index (χ2v) is 3.90. The Morgan fingerprint density at radius 1 is 1.42 bits per heavy atom. The van der Waals surface area contributed by atoms with E-state index in [1.165, 1.54) is 0 Å². The maximum absolute atomic E-state index is 13.5. The molecule has 0 amide bonds. The van der Waals surface area contributed by atoms with Crippen LogP contribution in [0.15, 0.2) is 29.5 Å². The first-order chi connectivity index (χ1) is 9.13. The van der Waals surface area contributed by atoms with Gasteiger partial charge in [0.2, 0.25) is 5.78 Å². The molecule has 2 rings (SSSR count). The fourth-order valence-electron chi connectivity index (χ4n) is 1.72. The average molecular weight is 264 g/mol. The lowest BCUT2D eigenvalue weighted by Crippen LogP contribution is -2.31. The summed E-state index contributed by atoms with van der Waals surface area (Å²) < 4.78 is 31.4. The van der Waals surface area contributed by atoms with Crippen LogP contribution in [0.4, 0.5) is 8.78 Å². The molecule has 0 spiro atoms. The quantitative estimate of drug-likeness (QED) is 0.500. The third-order valence-electron chi connectivity index (χ3n) is 2.65. The van der Waals surface area contributed by atoms with E-state index in [0.29, 0.717) is 24.9 Å². The molecule has 6 heteroatoms. The third kappa shape index (κ3) is 2.77. The Labute approximate surface area is 108 Å². The summed E-state index contributed by atoms with van der Waals surface area (Å²) in [5.41, 5.74) is -0.231. The van der Waals surface area contributed by atoms with Gasteiger partial charge in [-0.25, -0.2) is 8.78 Å². The van der Waals surface area contributed by atoms with Crippen LogP contribution >= 0.6 is 0 Å². The predicted molar refractivity (Wildman–Crippen MR) is 62.1 cm³/mol. The first-order valence-electron chi connectivity index (χ1n) is 5.58. The van der Waals surface area contributed by atoms with Gasteiger partial charge in [0.15, 0.2) is 0 Å². The molecule has 19 heavy (non-hydrogen) atoms. The van der Waals surface area contributed by atoms with Gasteiger partial charge in [0.25, 0.3) is 0 Å². The Kier molecular flexibility index (Phi) is 3.88. The minimum Gasteiger partial charge on any atom is -0.383 e. The van der Waals surface area contributed by atoms with Gasteiger partial charge in [0.05, 0.1) is 24.5 Å². The molecule has 1 N–H and O–H groups in total. The summed E-state index contributed by atoms with van der Waals surface area (Å²) >= 11 is 0. The Morgan fingerprint density at radius 2 is 2.21 bits per heavy atom. The fourth-order valence-corrected chi connectivity index (χ4v) is 1.72. The molecule has 1 fully saturated rings. The molecule has 1 aliphatic rings. The first kappa shape index (κ1) is 13.2. The van der Waals surface area contributed by atoms with E-state index >= 15 is 0 Å². The van der Waals surface area contributed by atoms with Gasteiger partial charge >= 0.3 is 0 Å². The van der Waals surface area contributed by atoms with Gasteiger partial charge in [-0.1, -0.05) is 0 Å². The number of nitrogens with one attached hydrogen (secondary N) is 1. The second-order valence-electron chi connectivity index (χ2n) is 3.90. The summed E-state index contributed by atoms with van der Waals surface area (Å²) in [6.07, 6.45) is 0. The number of morpholine rings is 1. The van der Waals surface area contributed by atoms with E-state index in [9.17, 15) is 13.6 Å². The summed E-state index contributed by atoms with van der Waals surface area (Å²) in [5, 5.41) is 11.9. The number of hydrogen-bond donors (Lipinski definition) is 1. The van der Waals surface area contributed by atoms with Crippen molar-refractivity contribution in [3.8, 4) is 6.07 Å². The van der Waals surface area contributed by atoms with Crippen molar-refractivity contribution in [2.75, 3.05) is 19.8 Å². The largest absolute Gasteiger partial charge is 0.383 e. The van der Waals surface area contributed by atoms with Crippen molar-refractivity contribution in [3.05, 3.63) is 46.7 Å². The SMILES string of the molecule is N#C/C(C(=O)c1ccc(F)cc1F)=C1\COCCN1. The van der Waals surface area contributed by atoms with Crippen LogP contribution in [0.3, 0.4) is 0 Å². The van der Waals surface area contributed by atoms with Crippen molar-refractivity contribution in [2.24, 2.45) is 0 Å². The summed E-state index contributed by atoms with van der Waals surface area (Å²) in [5.74, 6) is -2.55. The fraction of sp³-hybridized carbons (Fsp3) is 0.231. The highest BCUT2D eigenvalue weighted by atomic mass is 19.1. The summed E-state index contributed by atoms with van der Waals surface area (Å²) in [6.45, 7) is 1.04. The predicted octanol–water partition coefficient (Wildman–Crippen LogP) is 1.54. The average Bonchev–Trinajstić information content (AvgIpc) is 2.40. The van der Waals surface area contributed by atoms with Gasteiger partial charge in [-0.2, -0.15) is 5.26 Å². The molecule has 1 aromatic rings. The Morgan fingerprint density at radius 3 is 2.79 bits per heavy atom. The van der Waals surface area contributed by atoms with Crippen LogP contribution in [0.5, 0.6) is 0 Å². The van der Waals surface area contributed by atoms with E-state index < -0.39 is 17.4 Å². The zero-order chi connectivity index (χ0) is 13.8. The van der Waals surface area contributed by atoms with E-state index in [2.05, 4.69) is 5.32 Å². The van der Waals surface area contributed by atoms with Gasteiger partial charge in [0, 0.05) is 12.6 Å². The van der Waals surface area contributed by atoms with Crippen LogP contribution in [-0.2, 0) is 4.74 Å². The van der Waals surface area contributed by atoms with Gasteiger partial charge < -0.3 is 10.1 Å². The maximum atomic E-state index is 13.5. The number of benzene rings is 1. The molecule has 0 bridgehead atoms. The second kappa shape index (κ2) is 5.59. The first-order valence-corrected chi connectivity index (χ1v) is 5.58. The number of Topliss-reactive ketones (excluding diaryl/α,β-unsaturated/α-hetero) is 1. The number of carbonyl (C=O) groups excluding carboxylic acids is 1. The number of allylic oxidation sites excluding steroid dienone is 1. The lowest BCUT2D eigenvalue weighted by atomic mass is 10.0. The highest BCUT2D eigenvalue weighted by molar-refractivity contribution is 6.11. The van der Waals surface area contributed by atoms with Crippen molar-refractivity contribution >= 4 is 5.78 Å². The zero-order valence-corrected chi connectivity index (χ0v) is 9.87. The van der Waals surface area contributed by atoms with Gasteiger partial charge in [-0.15, -0.1) is 0 Å². The molecule has 0 radical (unpaired) electrons. The lowest BCUT2D eigenvalue weighted by molar-refractivity contribution is 0.102. The third-order valence-corrected chi connectivity index (χ3v) is 2.65. The van der Waals surface area contributed by atoms with Crippen molar-refractivity contribution in [1.29, 1.82) is 5.26 Å². The molecule has 1 heterocycles. The highest BCUT2D eigenvalue weighted by Crippen LogP contribution is 2.16. The molecular weight excluding hydrogens is 254 g/mol. The van der Waals surface area contributed by atoms with Crippen LogP contribution in [0.1, 0.15) is 10.4 Å². The van der Waals surface area contributed by atoms with E-state index in [4.69, 9.17) is 10.00 Å². The van der Waals surface area contributed by atoms with Crippen molar-refractivity contribution < 1.29 is 18.3 Å². The number of hydrogen-bond acceptors (Lipinski definition) is 4. The van der Waals surface area contributed by atoms with E-state index in [0.717, 1.165) is 12.1 Å². The van der Waals surface area contributed by atoms with Crippen molar-refractivity contribution in [1.82, 2.24) is 5.32 Å². The number of carbonyl (C=O) groups is 1.